The maximum absolute atomic E-state index is 13.5. The Morgan fingerprint density at radius 1 is 0.926 bits per heavy atom. The Morgan fingerprint density at radius 3 is 1.85 bits per heavy atom. The summed E-state index contributed by atoms with van der Waals surface area (Å²) in [6, 6.07) is 0. The van der Waals surface area contributed by atoms with Crippen LogP contribution in [-0.2, 0) is 9.53 Å². The van der Waals surface area contributed by atoms with Gasteiger partial charge in [-0.05, 0) is 19.8 Å². The Balaban J connectivity index is 4.59. The number of ether oxygens (including phenoxy) is 1. The highest BCUT2D eigenvalue weighted by Gasteiger charge is 2.74. The second-order valence-electron chi connectivity index (χ2n) is 6.36. The molecule has 0 bridgehead atoms. The summed E-state index contributed by atoms with van der Waals surface area (Å²) < 4.78 is 121. The van der Waals surface area contributed by atoms with E-state index in [9.17, 15) is 44.3 Å². The van der Waals surface area contributed by atoms with Crippen molar-refractivity contribution in [3.63, 3.8) is 0 Å². The molecular formula is C16H21F9O2. The van der Waals surface area contributed by atoms with E-state index in [1.807, 2.05) is 0 Å². The quantitative estimate of drug-likeness (QED) is 0.166. The number of alkyl halides is 9. The van der Waals surface area contributed by atoms with E-state index in [1.54, 1.807) is 0 Å². The molecule has 0 aromatic heterocycles. The maximum atomic E-state index is 13.5. The van der Waals surface area contributed by atoms with E-state index in [0.717, 1.165) is 13.8 Å². The Morgan fingerprint density at radius 2 is 1.41 bits per heavy atom. The molecule has 0 aromatic rings. The smallest absolute Gasteiger partial charge is 0.393 e. The molecular weight excluding hydrogens is 395 g/mol. The monoisotopic (exact) mass is 416 g/mol. The number of carbonyl (C=O) groups excluding carboxylic acids is 1. The molecule has 0 fully saturated rings. The molecule has 0 saturated heterocycles. The number of esters is 1. The molecule has 0 aliphatic carbocycles. The maximum Gasteiger partial charge on any atom is 0.473 e. The number of unbranched alkanes of at least 4 members (excludes halogenated alkanes) is 3. The van der Waals surface area contributed by atoms with Crippen molar-refractivity contribution < 1.29 is 49.0 Å². The van der Waals surface area contributed by atoms with Crippen LogP contribution in [0.5, 0.6) is 0 Å². The van der Waals surface area contributed by atoms with Gasteiger partial charge in [-0.15, -0.1) is 0 Å². The molecule has 0 aromatic carbocycles. The van der Waals surface area contributed by atoms with E-state index in [4.69, 9.17) is 0 Å². The van der Waals surface area contributed by atoms with Crippen molar-refractivity contribution in [1.29, 1.82) is 0 Å². The van der Waals surface area contributed by atoms with Gasteiger partial charge in [0.15, 0.2) is 0 Å². The fourth-order valence-electron chi connectivity index (χ4n) is 1.95. The number of halogens is 9. The number of rotatable bonds is 11. The molecule has 0 radical (unpaired) electrons. The molecule has 0 amide bonds. The molecule has 11 heteroatoms. The molecule has 0 saturated carbocycles. The van der Waals surface area contributed by atoms with Crippen LogP contribution >= 0.6 is 0 Å². The van der Waals surface area contributed by atoms with Gasteiger partial charge in [-0.2, -0.15) is 39.5 Å². The molecule has 160 valence electrons. The van der Waals surface area contributed by atoms with Gasteiger partial charge in [-0.25, -0.2) is 4.79 Å². The third-order valence-corrected chi connectivity index (χ3v) is 3.83. The summed E-state index contributed by atoms with van der Waals surface area (Å²) >= 11 is 0. The molecule has 0 N–H and O–H groups in total. The van der Waals surface area contributed by atoms with Gasteiger partial charge >= 0.3 is 30.1 Å². The van der Waals surface area contributed by atoms with E-state index < -0.39 is 54.4 Å². The first-order valence-corrected chi connectivity index (χ1v) is 8.04. The first kappa shape index (κ1) is 25.6. The third-order valence-electron chi connectivity index (χ3n) is 3.83. The molecule has 2 nitrogen and oxygen atoms in total. The lowest BCUT2D eigenvalue weighted by atomic mass is 9.99. The summed E-state index contributed by atoms with van der Waals surface area (Å²) in [5.74, 6) is -14.7. The first-order valence-electron chi connectivity index (χ1n) is 8.04. The van der Waals surface area contributed by atoms with E-state index in [1.165, 1.54) is 0 Å². The molecule has 0 spiro atoms. The second-order valence-corrected chi connectivity index (χ2v) is 6.36. The van der Waals surface area contributed by atoms with E-state index >= 15 is 0 Å². The van der Waals surface area contributed by atoms with Crippen molar-refractivity contribution in [2.75, 3.05) is 0 Å². The summed E-state index contributed by atoms with van der Waals surface area (Å²) in [5, 5.41) is 0. The van der Waals surface area contributed by atoms with Crippen molar-refractivity contribution in [2.45, 2.75) is 76.5 Å². The second kappa shape index (κ2) is 9.18. The first-order chi connectivity index (χ1) is 12.0. The summed E-state index contributed by atoms with van der Waals surface area (Å²) in [6.45, 7) is 4.70. The predicted octanol–water partition coefficient (Wildman–Crippen LogP) is 6.51. The van der Waals surface area contributed by atoms with Crippen molar-refractivity contribution in [3.8, 4) is 0 Å². The predicted molar refractivity (Wildman–Crippen MR) is 78.7 cm³/mol. The van der Waals surface area contributed by atoms with Crippen LogP contribution in [0.1, 0.15) is 52.4 Å². The van der Waals surface area contributed by atoms with Crippen LogP contribution in [0.2, 0.25) is 0 Å². The standard InChI is InChI=1S/C16H21F9O2/c1-10(2)12(26)27-16(24,25)15(22,23)13(17,18)9-7-5-4-6-8-11(3)14(19,20)21/h11H,1,4-9H2,2-3H3. The average Bonchev–Trinajstić information content (AvgIpc) is 2.48. The molecule has 27 heavy (non-hydrogen) atoms. The average molecular weight is 416 g/mol. The topological polar surface area (TPSA) is 26.3 Å². The van der Waals surface area contributed by atoms with Crippen LogP contribution in [0.25, 0.3) is 0 Å². The van der Waals surface area contributed by atoms with Crippen molar-refractivity contribution in [2.24, 2.45) is 5.92 Å². The van der Waals surface area contributed by atoms with Crippen molar-refractivity contribution >= 4 is 5.97 Å². The molecule has 0 aliphatic heterocycles. The normalized spacial score (nSPS) is 14.8. The van der Waals surface area contributed by atoms with Crippen LogP contribution in [-0.4, -0.2) is 30.1 Å². The Labute approximate surface area is 150 Å². The van der Waals surface area contributed by atoms with Crippen LogP contribution < -0.4 is 0 Å². The lowest BCUT2D eigenvalue weighted by Crippen LogP contribution is -2.56. The highest BCUT2D eigenvalue weighted by molar-refractivity contribution is 5.87. The zero-order valence-electron chi connectivity index (χ0n) is 14.7. The minimum Gasteiger partial charge on any atom is -0.393 e. The molecule has 0 aliphatic rings. The molecule has 0 rings (SSSR count). The van der Waals surface area contributed by atoms with E-state index in [0.29, 0.717) is 0 Å². The zero-order chi connectivity index (χ0) is 21.7. The van der Waals surface area contributed by atoms with Gasteiger partial charge in [0.05, 0.1) is 5.92 Å². The van der Waals surface area contributed by atoms with Crippen molar-refractivity contribution in [3.05, 3.63) is 12.2 Å². The fourth-order valence-corrected chi connectivity index (χ4v) is 1.95. The van der Waals surface area contributed by atoms with Crippen LogP contribution in [0.4, 0.5) is 39.5 Å². The van der Waals surface area contributed by atoms with Crippen molar-refractivity contribution in [1.82, 2.24) is 0 Å². The Bertz CT molecular complexity index is 513. The summed E-state index contributed by atoms with van der Waals surface area (Å²) in [4.78, 5) is 10.9. The highest BCUT2D eigenvalue weighted by atomic mass is 19.4. The Kier molecular flexibility index (Phi) is 8.70. The van der Waals surface area contributed by atoms with E-state index in [2.05, 4.69) is 11.3 Å². The lowest BCUT2D eigenvalue weighted by molar-refractivity contribution is -0.384. The number of hydrogen-bond acceptors (Lipinski definition) is 2. The summed E-state index contributed by atoms with van der Waals surface area (Å²) in [7, 11) is 0. The van der Waals surface area contributed by atoms with Crippen LogP contribution in [0.15, 0.2) is 12.2 Å². The lowest BCUT2D eigenvalue weighted by Gasteiger charge is -2.31. The van der Waals surface area contributed by atoms with Gasteiger partial charge in [-0.3, -0.25) is 0 Å². The molecule has 1 atom stereocenters. The van der Waals surface area contributed by atoms with Gasteiger partial charge < -0.3 is 4.74 Å². The van der Waals surface area contributed by atoms with Crippen LogP contribution in [0, 0.1) is 5.92 Å². The van der Waals surface area contributed by atoms with E-state index in [-0.39, 0.29) is 25.7 Å². The van der Waals surface area contributed by atoms with Gasteiger partial charge in [0.1, 0.15) is 0 Å². The van der Waals surface area contributed by atoms with Gasteiger partial charge in [0.2, 0.25) is 0 Å². The Hall–Kier alpha value is -1.42. The molecule has 0 heterocycles. The van der Waals surface area contributed by atoms with Gasteiger partial charge in [-0.1, -0.05) is 32.8 Å². The molecule has 1 unspecified atom stereocenters. The van der Waals surface area contributed by atoms with Crippen LogP contribution in [0.3, 0.4) is 0 Å². The SMILES string of the molecule is C=C(C)C(=O)OC(F)(F)C(F)(F)C(F)(F)CCCCCCC(C)C(F)(F)F. The number of carbonyl (C=O) groups is 1. The summed E-state index contributed by atoms with van der Waals surface area (Å²) in [5.41, 5.74) is -0.679. The zero-order valence-corrected chi connectivity index (χ0v) is 14.7. The minimum atomic E-state index is -5.96. The highest BCUT2D eigenvalue weighted by Crippen LogP contribution is 2.48. The van der Waals surface area contributed by atoms with Gasteiger partial charge in [0, 0.05) is 12.0 Å². The summed E-state index contributed by atoms with van der Waals surface area (Å²) in [6.07, 6.45) is -12.7. The third kappa shape index (κ3) is 7.25. The minimum absolute atomic E-state index is 0.0228. The fraction of sp³-hybridized carbons (Fsp3) is 0.812. The largest absolute Gasteiger partial charge is 0.473 e. The van der Waals surface area contributed by atoms with Gasteiger partial charge in [0.25, 0.3) is 0 Å². The number of hydrogen-bond donors (Lipinski definition) is 0.